The predicted molar refractivity (Wildman–Crippen MR) is 51.4 cm³/mol. The lowest BCUT2D eigenvalue weighted by molar-refractivity contribution is -0.136. The monoisotopic (exact) mass is 204 g/mol. The molecule has 0 amide bonds. The minimum atomic E-state index is -2.29. The van der Waals surface area contributed by atoms with Gasteiger partial charge in [0.15, 0.2) is 0 Å². The van der Waals surface area contributed by atoms with E-state index in [0.717, 1.165) is 6.08 Å². The van der Waals surface area contributed by atoms with Crippen molar-refractivity contribution < 1.29 is 18.4 Å². The van der Waals surface area contributed by atoms with Gasteiger partial charge < -0.3 is 13.6 Å². The first-order chi connectivity index (χ1) is 6.08. The molecule has 1 unspecified atom stereocenters. The van der Waals surface area contributed by atoms with Gasteiger partial charge in [0.25, 0.3) is 0 Å². The fraction of sp³-hybridized carbons (Fsp3) is 0.625. The Morgan fingerprint density at radius 1 is 1.62 bits per heavy atom. The first-order valence-electron chi connectivity index (χ1n) is 4.06. The normalized spacial score (nSPS) is 14.7. The number of carbonyl (C=O) groups excluding carboxylic acids is 1. The number of rotatable bonds is 6. The van der Waals surface area contributed by atoms with E-state index in [9.17, 15) is 4.79 Å². The molecule has 0 heterocycles. The van der Waals surface area contributed by atoms with Gasteiger partial charge in [-0.05, 0) is 13.5 Å². The third-order valence-electron chi connectivity index (χ3n) is 1.52. The van der Waals surface area contributed by atoms with Crippen LogP contribution in [0.4, 0.5) is 0 Å². The molecular formula is C8H16O4Si. The molecule has 1 atom stereocenters. The molecule has 0 saturated heterocycles. The number of hydrogen-bond donors (Lipinski definition) is 0. The van der Waals surface area contributed by atoms with Gasteiger partial charge >= 0.3 is 14.5 Å². The van der Waals surface area contributed by atoms with Crippen molar-refractivity contribution in [1.29, 1.82) is 0 Å². The average Bonchev–Trinajstić information content (AvgIpc) is 2.15. The zero-order chi connectivity index (χ0) is 10.3. The SMILES string of the molecule is C=CC(=O)OC[Si](C)(OC)OCC. The van der Waals surface area contributed by atoms with Gasteiger partial charge in [0.1, 0.15) is 6.23 Å². The summed E-state index contributed by atoms with van der Waals surface area (Å²) >= 11 is 0. The van der Waals surface area contributed by atoms with Gasteiger partial charge in [0.2, 0.25) is 0 Å². The fourth-order valence-corrected chi connectivity index (χ4v) is 2.06. The third kappa shape index (κ3) is 4.82. The van der Waals surface area contributed by atoms with E-state index >= 15 is 0 Å². The van der Waals surface area contributed by atoms with Crippen LogP contribution in [0.2, 0.25) is 6.55 Å². The van der Waals surface area contributed by atoms with Crippen LogP contribution in [0.5, 0.6) is 0 Å². The molecule has 76 valence electrons. The van der Waals surface area contributed by atoms with Crippen molar-refractivity contribution in [2.75, 3.05) is 19.9 Å². The molecule has 0 aliphatic rings. The van der Waals surface area contributed by atoms with Crippen LogP contribution in [0.25, 0.3) is 0 Å². The molecular weight excluding hydrogens is 188 g/mol. The molecule has 0 aromatic carbocycles. The summed E-state index contributed by atoms with van der Waals surface area (Å²) in [6.45, 7) is 7.56. The van der Waals surface area contributed by atoms with Crippen LogP contribution in [-0.4, -0.2) is 34.5 Å². The Labute approximate surface area is 79.7 Å². The highest BCUT2D eigenvalue weighted by atomic mass is 28.4. The van der Waals surface area contributed by atoms with Crippen LogP contribution in [0.15, 0.2) is 12.7 Å². The van der Waals surface area contributed by atoms with Gasteiger partial charge in [-0.15, -0.1) is 0 Å². The smallest absolute Gasteiger partial charge is 0.373 e. The summed E-state index contributed by atoms with van der Waals surface area (Å²) in [6.07, 6.45) is 1.32. The summed E-state index contributed by atoms with van der Waals surface area (Å²) in [6, 6.07) is 0. The van der Waals surface area contributed by atoms with Crippen molar-refractivity contribution in [3.8, 4) is 0 Å². The molecule has 0 radical (unpaired) electrons. The van der Waals surface area contributed by atoms with Gasteiger partial charge in [-0.1, -0.05) is 6.58 Å². The van der Waals surface area contributed by atoms with Crippen molar-refractivity contribution in [2.45, 2.75) is 13.5 Å². The second-order valence-corrected chi connectivity index (χ2v) is 5.84. The van der Waals surface area contributed by atoms with Crippen LogP contribution in [-0.2, 0) is 18.4 Å². The second kappa shape index (κ2) is 5.90. The quantitative estimate of drug-likeness (QED) is 0.368. The molecule has 0 bridgehead atoms. The van der Waals surface area contributed by atoms with Crippen LogP contribution in [0.1, 0.15) is 6.92 Å². The Balaban J connectivity index is 3.96. The topological polar surface area (TPSA) is 44.8 Å². The second-order valence-electron chi connectivity index (χ2n) is 2.58. The van der Waals surface area contributed by atoms with E-state index in [-0.39, 0.29) is 6.23 Å². The van der Waals surface area contributed by atoms with Gasteiger partial charge in [0.05, 0.1) is 0 Å². The first kappa shape index (κ1) is 12.3. The molecule has 0 N–H and O–H groups in total. The van der Waals surface area contributed by atoms with Crippen LogP contribution >= 0.6 is 0 Å². The number of esters is 1. The summed E-state index contributed by atoms with van der Waals surface area (Å²) < 4.78 is 15.4. The van der Waals surface area contributed by atoms with Crippen molar-refractivity contribution in [3.63, 3.8) is 0 Å². The molecule has 5 heteroatoms. The average molecular weight is 204 g/mol. The molecule has 0 spiro atoms. The van der Waals surface area contributed by atoms with Crippen LogP contribution in [0, 0.1) is 0 Å². The highest BCUT2D eigenvalue weighted by Gasteiger charge is 2.31. The molecule has 0 aliphatic carbocycles. The Morgan fingerprint density at radius 2 is 2.23 bits per heavy atom. The van der Waals surface area contributed by atoms with Crippen LogP contribution < -0.4 is 0 Å². The maximum absolute atomic E-state index is 10.7. The first-order valence-corrected chi connectivity index (χ1v) is 6.58. The van der Waals surface area contributed by atoms with Gasteiger partial charge in [-0.3, -0.25) is 0 Å². The van der Waals surface area contributed by atoms with E-state index in [2.05, 4.69) is 6.58 Å². The van der Waals surface area contributed by atoms with E-state index < -0.39 is 14.5 Å². The van der Waals surface area contributed by atoms with Crippen molar-refractivity contribution in [1.82, 2.24) is 0 Å². The number of carbonyl (C=O) groups is 1. The number of ether oxygens (including phenoxy) is 1. The summed E-state index contributed by atoms with van der Waals surface area (Å²) in [7, 11) is -0.734. The van der Waals surface area contributed by atoms with Gasteiger partial charge in [0, 0.05) is 19.8 Å². The maximum atomic E-state index is 10.7. The van der Waals surface area contributed by atoms with E-state index in [0.29, 0.717) is 6.61 Å². The zero-order valence-corrected chi connectivity index (χ0v) is 9.33. The molecule has 4 nitrogen and oxygen atoms in total. The Hall–Kier alpha value is -0.653. The van der Waals surface area contributed by atoms with Crippen molar-refractivity contribution in [2.24, 2.45) is 0 Å². The third-order valence-corrected chi connectivity index (χ3v) is 3.96. The van der Waals surface area contributed by atoms with Crippen LogP contribution in [0.3, 0.4) is 0 Å². The highest BCUT2D eigenvalue weighted by molar-refractivity contribution is 6.66. The predicted octanol–water partition coefficient (Wildman–Crippen LogP) is 1.01. The summed E-state index contributed by atoms with van der Waals surface area (Å²) in [5, 5.41) is 0. The Morgan fingerprint density at radius 3 is 2.62 bits per heavy atom. The Bertz CT molecular complexity index is 183. The molecule has 0 aromatic rings. The molecule has 13 heavy (non-hydrogen) atoms. The molecule has 0 rings (SSSR count). The van der Waals surface area contributed by atoms with Crippen molar-refractivity contribution >= 4 is 14.5 Å². The summed E-state index contributed by atoms with van der Waals surface area (Å²) in [5.74, 6) is -0.449. The van der Waals surface area contributed by atoms with E-state index in [1.54, 1.807) is 7.11 Å². The van der Waals surface area contributed by atoms with E-state index in [4.69, 9.17) is 13.6 Å². The summed E-state index contributed by atoms with van der Waals surface area (Å²) in [4.78, 5) is 10.7. The Kier molecular flexibility index (Phi) is 5.61. The lowest BCUT2D eigenvalue weighted by atomic mass is 10.7. The molecule has 0 aliphatic heterocycles. The highest BCUT2D eigenvalue weighted by Crippen LogP contribution is 2.06. The minimum Gasteiger partial charge on any atom is -0.461 e. The van der Waals surface area contributed by atoms with Crippen molar-refractivity contribution in [3.05, 3.63) is 12.7 Å². The molecule has 0 saturated carbocycles. The number of hydrogen-bond acceptors (Lipinski definition) is 4. The maximum Gasteiger partial charge on any atom is 0.373 e. The largest absolute Gasteiger partial charge is 0.461 e. The standard InChI is InChI=1S/C8H16O4Si/c1-5-8(9)11-7-13(4,10-3)12-6-2/h5H,1,6-7H2,2-4H3. The van der Waals surface area contributed by atoms with Gasteiger partial charge in [-0.25, -0.2) is 4.79 Å². The lowest BCUT2D eigenvalue weighted by Crippen LogP contribution is -2.43. The van der Waals surface area contributed by atoms with E-state index in [1.807, 2.05) is 13.5 Å². The fourth-order valence-electron chi connectivity index (χ4n) is 0.726. The van der Waals surface area contributed by atoms with Gasteiger partial charge in [-0.2, -0.15) is 0 Å². The summed E-state index contributed by atoms with van der Waals surface area (Å²) in [5.41, 5.74) is 0. The molecule has 0 fully saturated rings. The zero-order valence-electron chi connectivity index (χ0n) is 8.33. The minimum absolute atomic E-state index is 0.197. The molecule has 0 aromatic heterocycles. The van der Waals surface area contributed by atoms with E-state index in [1.165, 1.54) is 0 Å². The lowest BCUT2D eigenvalue weighted by Gasteiger charge is -2.23.